The first-order valence-corrected chi connectivity index (χ1v) is 10.8. The van der Waals surface area contributed by atoms with Crippen LogP contribution in [0.5, 0.6) is 0 Å². The Kier molecular flexibility index (Phi) is 8.07. The molecule has 0 aliphatic rings. The third-order valence-electron chi connectivity index (χ3n) is 5.34. The summed E-state index contributed by atoms with van der Waals surface area (Å²) in [6.07, 6.45) is 1.29. The number of esters is 1. The number of carbonyl (C=O) groups is 3. The summed E-state index contributed by atoms with van der Waals surface area (Å²) >= 11 is 0. The van der Waals surface area contributed by atoms with Crippen LogP contribution in [0.25, 0.3) is 10.9 Å². The summed E-state index contributed by atoms with van der Waals surface area (Å²) in [5, 5.41) is 6.31. The van der Waals surface area contributed by atoms with Crippen LogP contribution in [0.4, 0.5) is 4.79 Å². The maximum Gasteiger partial charge on any atom is 0.408 e. The Hall–Kier alpha value is -3.81. The highest BCUT2D eigenvalue weighted by atomic mass is 16.5. The molecule has 3 aromatic rings. The number of para-hydroxylation sites is 1. The Morgan fingerprint density at radius 1 is 0.970 bits per heavy atom. The molecule has 3 N–H and O–H groups in total. The van der Waals surface area contributed by atoms with Gasteiger partial charge in [0.05, 0.1) is 7.11 Å². The van der Waals surface area contributed by atoms with Crippen LogP contribution in [0, 0.1) is 5.92 Å². The van der Waals surface area contributed by atoms with Gasteiger partial charge < -0.3 is 25.1 Å². The molecular weight excluding hydrogens is 422 g/mol. The number of carbonyl (C=O) groups excluding carboxylic acids is 3. The second kappa shape index (κ2) is 11.2. The lowest BCUT2D eigenvalue weighted by Gasteiger charge is -2.24. The van der Waals surface area contributed by atoms with E-state index in [1.165, 1.54) is 7.11 Å². The Labute approximate surface area is 192 Å². The fourth-order valence-corrected chi connectivity index (χ4v) is 3.52. The second-order valence-corrected chi connectivity index (χ2v) is 8.08. The first-order chi connectivity index (χ1) is 15.9. The number of aromatic amines is 1. The number of H-pyrrole nitrogens is 1. The number of methoxy groups -OCH3 is 1. The lowest BCUT2D eigenvalue weighted by Crippen LogP contribution is -2.54. The normalized spacial score (nSPS) is 12.7. The Morgan fingerprint density at radius 3 is 2.36 bits per heavy atom. The molecule has 2 atom stereocenters. The number of ether oxygens (including phenoxy) is 2. The summed E-state index contributed by atoms with van der Waals surface area (Å²) in [6, 6.07) is 15.1. The lowest BCUT2D eigenvalue weighted by atomic mass is 10.0. The van der Waals surface area contributed by atoms with Crippen LogP contribution in [-0.4, -0.2) is 42.1 Å². The van der Waals surface area contributed by atoms with E-state index in [0.717, 1.165) is 22.0 Å². The lowest BCUT2D eigenvalue weighted by molar-refractivity contribution is -0.146. The quantitative estimate of drug-likeness (QED) is 0.433. The minimum Gasteiger partial charge on any atom is -0.467 e. The number of amides is 2. The summed E-state index contributed by atoms with van der Waals surface area (Å²) in [7, 11) is 1.27. The maximum absolute atomic E-state index is 13.2. The van der Waals surface area contributed by atoms with Gasteiger partial charge in [-0.1, -0.05) is 62.4 Å². The number of benzene rings is 2. The van der Waals surface area contributed by atoms with Gasteiger partial charge in [-0.2, -0.15) is 0 Å². The molecule has 0 fully saturated rings. The van der Waals surface area contributed by atoms with E-state index in [4.69, 9.17) is 9.47 Å². The third kappa shape index (κ3) is 6.35. The van der Waals surface area contributed by atoms with Gasteiger partial charge in [0.2, 0.25) is 5.91 Å². The van der Waals surface area contributed by atoms with E-state index >= 15 is 0 Å². The fraction of sp³-hybridized carbons (Fsp3) is 0.320. The van der Waals surface area contributed by atoms with Gasteiger partial charge >= 0.3 is 12.1 Å². The highest BCUT2D eigenvalue weighted by molar-refractivity contribution is 5.91. The van der Waals surface area contributed by atoms with Crippen molar-refractivity contribution in [3.63, 3.8) is 0 Å². The SMILES string of the molecule is COC(=O)[C@H](NC(=O)[C@H](Cc1c[nH]c2ccccc12)NC(=O)OCc1ccccc1)C(C)C. The first kappa shape index (κ1) is 23.8. The molecule has 0 unspecified atom stereocenters. The average Bonchev–Trinajstić information content (AvgIpc) is 3.23. The van der Waals surface area contributed by atoms with Gasteiger partial charge in [-0.05, 0) is 23.1 Å². The minimum atomic E-state index is -0.960. The van der Waals surface area contributed by atoms with E-state index in [9.17, 15) is 14.4 Å². The van der Waals surface area contributed by atoms with Crippen molar-refractivity contribution in [3.05, 3.63) is 71.9 Å². The predicted octanol–water partition coefficient (Wildman–Crippen LogP) is 3.32. The average molecular weight is 452 g/mol. The molecule has 2 aromatic carbocycles. The van der Waals surface area contributed by atoms with Crippen LogP contribution in [0.2, 0.25) is 0 Å². The van der Waals surface area contributed by atoms with Crippen molar-refractivity contribution >= 4 is 28.9 Å². The van der Waals surface area contributed by atoms with Crippen LogP contribution in [0.1, 0.15) is 25.0 Å². The van der Waals surface area contributed by atoms with Crippen molar-refractivity contribution in [2.45, 2.75) is 39.0 Å². The van der Waals surface area contributed by atoms with Crippen molar-refractivity contribution in [2.75, 3.05) is 7.11 Å². The van der Waals surface area contributed by atoms with E-state index in [1.54, 1.807) is 13.8 Å². The number of rotatable bonds is 9. The van der Waals surface area contributed by atoms with Gasteiger partial charge in [-0.25, -0.2) is 9.59 Å². The van der Waals surface area contributed by atoms with Crippen LogP contribution in [-0.2, 0) is 32.1 Å². The molecule has 1 aromatic heterocycles. The molecule has 1 heterocycles. The summed E-state index contributed by atoms with van der Waals surface area (Å²) in [4.78, 5) is 41.0. The third-order valence-corrected chi connectivity index (χ3v) is 5.34. The summed E-state index contributed by atoms with van der Waals surface area (Å²) in [5.41, 5.74) is 2.61. The van der Waals surface area contributed by atoms with E-state index in [-0.39, 0.29) is 18.9 Å². The van der Waals surface area contributed by atoms with Crippen molar-refractivity contribution in [3.8, 4) is 0 Å². The molecule has 2 amide bonds. The molecule has 3 rings (SSSR count). The molecule has 174 valence electrons. The number of nitrogens with one attached hydrogen (secondary N) is 3. The predicted molar refractivity (Wildman–Crippen MR) is 124 cm³/mol. The molecule has 0 radical (unpaired) electrons. The van der Waals surface area contributed by atoms with Gasteiger partial charge in [0.15, 0.2) is 0 Å². The number of aromatic nitrogens is 1. The number of fused-ring (bicyclic) bond motifs is 1. The van der Waals surface area contributed by atoms with Crippen LogP contribution >= 0.6 is 0 Å². The molecule has 8 heteroatoms. The Morgan fingerprint density at radius 2 is 1.67 bits per heavy atom. The second-order valence-electron chi connectivity index (χ2n) is 8.08. The highest BCUT2D eigenvalue weighted by Gasteiger charge is 2.30. The number of hydrogen-bond acceptors (Lipinski definition) is 5. The first-order valence-electron chi connectivity index (χ1n) is 10.8. The molecule has 8 nitrogen and oxygen atoms in total. The van der Waals surface area contributed by atoms with Gasteiger partial charge in [-0.3, -0.25) is 4.79 Å². The van der Waals surface area contributed by atoms with Crippen LogP contribution in [0.15, 0.2) is 60.8 Å². The Bertz CT molecular complexity index is 1090. The Balaban J connectivity index is 1.76. The van der Waals surface area contributed by atoms with Crippen molar-refractivity contribution in [1.82, 2.24) is 15.6 Å². The standard InChI is InChI=1S/C25H29N3O5/c1-16(2)22(24(30)32-3)28-23(29)21(13-18-14-26-20-12-8-7-11-19(18)20)27-25(31)33-15-17-9-5-4-6-10-17/h4-12,14,16,21-22,26H,13,15H2,1-3H3,(H,27,31)(H,28,29)/t21-,22+/m0/s1. The van der Waals surface area contributed by atoms with E-state index in [2.05, 4.69) is 15.6 Å². The van der Waals surface area contributed by atoms with Gasteiger partial charge in [-0.15, -0.1) is 0 Å². The number of hydrogen-bond donors (Lipinski definition) is 3. The van der Waals surface area contributed by atoms with E-state index in [0.29, 0.717) is 0 Å². The van der Waals surface area contributed by atoms with Gasteiger partial charge in [0.25, 0.3) is 0 Å². The zero-order chi connectivity index (χ0) is 23.8. The van der Waals surface area contributed by atoms with Crippen molar-refractivity contribution < 1.29 is 23.9 Å². The van der Waals surface area contributed by atoms with E-state index < -0.39 is 30.1 Å². The van der Waals surface area contributed by atoms with Crippen LogP contribution in [0.3, 0.4) is 0 Å². The van der Waals surface area contributed by atoms with Gasteiger partial charge in [0, 0.05) is 23.5 Å². The summed E-state index contributed by atoms with van der Waals surface area (Å²) in [6.45, 7) is 3.68. The van der Waals surface area contributed by atoms with Crippen molar-refractivity contribution in [2.24, 2.45) is 5.92 Å². The maximum atomic E-state index is 13.2. The number of alkyl carbamates (subject to hydrolysis) is 1. The largest absolute Gasteiger partial charge is 0.467 e. The van der Waals surface area contributed by atoms with Crippen molar-refractivity contribution in [1.29, 1.82) is 0 Å². The highest BCUT2D eigenvalue weighted by Crippen LogP contribution is 2.19. The van der Waals surface area contributed by atoms with E-state index in [1.807, 2.05) is 60.8 Å². The van der Waals surface area contributed by atoms with Gasteiger partial charge in [0.1, 0.15) is 18.7 Å². The minimum absolute atomic E-state index is 0.0743. The molecular formula is C25H29N3O5. The summed E-state index contributed by atoms with van der Waals surface area (Å²) < 4.78 is 10.1. The monoisotopic (exact) mass is 451 g/mol. The zero-order valence-electron chi connectivity index (χ0n) is 19.0. The molecule has 0 bridgehead atoms. The fourth-order valence-electron chi connectivity index (χ4n) is 3.52. The topological polar surface area (TPSA) is 110 Å². The van der Waals surface area contributed by atoms with Crippen LogP contribution < -0.4 is 10.6 Å². The summed E-state index contributed by atoms with van der Waals surface area (Å²) in [5.74, 6) is -1.24. The molecule has 33 heavy (non-hydrogen) atoms. The molecule has 0 aliphatic carbocycles. The molecule has 0 saturated carbocycles. The molecule has 0 aliphatic heterocycles. The zero-order valence-corrected chi connectivity index (χ0v) is 19.0. The smallest absolute Gasteiger partial charge is 0.408 e. The molecule has 0 spiro atoms. The molecule has 0 saturated heterocycles.